The number of fused-ring (bicyclic) bond motifs is 2. The molecule has 0 unspecified atom stereocenters. The average Bonchev–Trinajstić information content (AvgIpc) is 3.09. The molecular weight excluding hydrogens is 518 g/mol. The summed E-state index contributed by atoms with van der Waals surface area (Å²) in [6.07, 6.45) is -2.66. The third kappa shape index (κ3) is 5.67. The monoisotopic (exact) mass is 539 g/mol. The molecule has 0 saturated carbocycles. The molecule has 1 N–H and O–H groups in total. The van der Waals surface area contributed by atoms with E-state index in [0.717, 1.165) is 49.4 Å². The van der Waals surface area contributed by atoms with Crippen LogP contribution in [0.1, 0.15) is 36.0 Å². The van der Waals surface area contributed by atoms with Crippen LogP contribution in [-0.4, -0.2) is 42.2 Å². The van der Waals surface area contributed by atoms with Crippen LogP contribution in [0.25, 0.3) is 0 Å². The second-order valence-corrected chi connectivity index (χ2v) is 9.23. The van der Waals surface area contributed by atoms with Gasteiger partial charge in [-0.15, -0.1) is 12.4 Å². The predicted molar refractivity (Wildman–Crippen MR) is 125 cm³/mol. The summed E-state index contributed by atoms with van der Waals surface area (Å²) in [4.78, 5) is 13.0. The summed E-state index contributed by atoms with van der Waals surface area (Å²) in [6.45, 7) is 2.62. The van der Waals surface area contributed by atoms with Gasteiger partial charge in [0.25, 0.3) is 0 Å². The van der Waals surface area contributed by atoms with E-state index in [2.05, 4.69) is 4.90 Å². The quantitative estimate of drug-likeness (QED) is 0.472. The van der Waals surface area contributed by atoms with Crippen LogP contribution >= 0.6 is 35.6 Å². The number of carbonyl (C=O) groups is 1. The van der Waals surface area contributed by atoms with Crippen molar-refractivity contribution in [3.8, 4) is 11.5 Å². The highest BCUT2D eigenvalue weighted by Crippen LogP contribution is 2.47. The molecule has 0 bridgehead atoms. The maximum Gasteiger partial charge on any atom is 0.416 e. The van der Waals surface area contributed by atoms with Crippen LogP contribution in [0.5, 0.6) is 11.5 Å². The van der Waals surface area contributed by atoms with Gasteiger partial charge in [-0.1, -0.05) is 29.3 Å². The molecule has 0 amide bonds. The molecule has 4 rings (SSSR count). The van der Waals surface area contributed by atoms with E-state index < -0.39 is 17.7 Å². The number of aliphatic carboxylic acids is 1. The lowest BCUT2D eigenvalue weighted by Crippen LogP contribution is -2.44. The lowest BCUT2D eigenvalue weighted by Gasteiger charge is -2.38. The van der Waals surface area contributed by atoms with Crippen molar-refractivity contribution in [3.05, 3.63) is 57.1 Å². The van der Waals surface area contributed by atoms with Crippen LogP contribution < -0.4 is 9.47 Å². The Bertz CT molecular complexity index is 1030. The van der Waals surface area contributed by atoms with Gasteiger partial charge in [-0.2, -0.15) is 13.2 Å². The van der Waals surface area contributed by atoms with Crippen molar-refractivity contribution in [1.82, 2.24) is 4.90 Å². The summed E-state index contributed by atoms with van der Waals surface area (Å²) in [5, 5.41) is 8.66. The number of carboxylic acid groups (broad SMARTS) is 1. The molecule has 0 radical (unpaired) electrons. The van der Waals surface area contributed by atoms with Crippen LogP contribution in [-0.2, 0) is 23.0 Å². The number of carboxylic acids is 1. The average molecular weight is 541 g/mol. The van der Waals surface area contributed by atoms with Crippen molar-refractivity contribution in [1.29, 1.82) is 0 Å². The van der Waals surface area contributed by atoms with Crippen LogP contribution in [0.15, 0.2) is 30.3 Å². The number of halogens is 6. The van der Waals surface area contributed by atoms with E-state index in [1.165, 1.54) is 0 Å². The van der Waals surface area contributed by atoms with Gasteiger partial charge in [0.15, 0.2) is 0 Å². The highest BCUT2D eigenvalue weighted by molar-refractivity contribution is 6.36. The number of piperidine rings is 1. The Morgan fingerprint density at radius 3 is 2.38 bits per heavy atom. The second kappa shape index (κ2) is 10.4. The topological polar surface area (TPSA) is 59.0 Å². The fourth-order valence-corrected chi connectivity index (χ4v) is 4.97. The minimum absolute atomic E-state index is 0. The van der Waals surface area contributed by atoms with Gasteiger partial charge in [0.05, 0.1) is 18.6 Å². The molecule has 5 nitrogen and oxygen atoms in total. The van der Waals surface area contributed by atoms with E-state index in [-0.39, 0.29) is 46.5 Å². The number of benzene rings is 2. The van der Waals surface area contributed by atoms with Crippen molar-refractivity contribution in [2.45, 2.75) is 37.5 Å². The lowest BCUT2D eigenvalue weighted by molar-refractivity contribution is -0.138. The fourth-order valence-electron chi connectivity index (χ4n) is 4.38. The lowest BCUT2D eigenvalue weighted by atomic mass is 9.74. The molecule has 0 aliphatic carbocycles. The fraction of sp³-hybridized carbons (Fsp3) is 0.435. The first-order chi connectivity index (χ1) is 15.6. The maximum absolute atomic E-state index is 12.9. The molecule has 2 aliphatic rings. The Balaban J connectivity index is 0.00000324. The third-order valence-corrected chi connectivity index (χ3v) is 7.01. The van der Waals surface area contributed by atoms with Crippen molar-refractivity contribution in [2.75, 3.05) is 26.2 Å². The molecule has 1 fully saturated rings. The summed E-state index contributed by atoms with van der Waals surface area (Å²) in [6, 6.07) is 7.21. The summed E-state index contributed by atoms with van der Waals surface area (Å²) < 4.78 is 50.4. The summed E-state index contributed by atoms with van der Waals surface area (Å²) in [5.41, 5.74) is 0.357. The molecule has 186 valence electrons. The van der Waals surface area contributed by atoms with Crippen LogP contribution in [0.2, 0.25) is 10.0 Å². The third-order valence-electron chi connectivity index (χ3n) is 6.33. The van der Waals surface area contributed by atoms with Gasteiger partial charge in [-0.05, 0) is 44.1 Å². The van der Waals surface area contributed by atoms with E-state index >= 15 is 0 Å². The van der Waals surface area contributed by atoms with E-state index in [4.69, 9.17) is 37.8 Å². The number of rotatable bonds is 6. The predicted octanol–water partition coefficient (Wildman–Crippen LogP) is 6.21. The van der Waals surface area contributed by atoms with Crippen molar-refractivity contribution >= 4 is 41.6 Å². The summed E-state index contributed by atoms with van der Waals surface area (Å²) in [7, 11) is 0. The standard InChI is InChI=1S/C23H22Cl2F3NO4.ClH/c24-18-9-14(23(26,27)28)10-19(25)16(18)12-32-15-1-2-17-20(11-15)33-13-22(17)4-7-29(8-5-22)6-3-21(30)31;/h1-2,9-11H,3-8,12-13H2,(H,30,31);1H. The molecule has 1 spiro atoms. The Kier molecular flexibility index (Phi) is 8.18. The van der Waals surface area contributed by atoms with Crippen LogP contribution in [0.3, 0.4) is 0 Å². The maximum atomic E-state index is 12.9. The van der Waals surface area contributed by atoms with E-state index in [0.29, 0.717) is 18.9 Å². The van der Waals surface area contributed by atoms with Gasteiger partial charge in [0.2, 0.25) is 0 Å². The Labute approximate surface area is 211 Å². The van der Waals surface area contributed by atoms with Gasteiger partial charge in [0.1, 0.15) is 18.1 Å². The van der Waals surface area contributed by atoms with Gasteiger partial charge >= 0.3 is 12.1 Å². The van der Waals surface area contributed by atoms with E-state index in [9.17, 15) is 18.0 Å². The smallest absolute Gasteiger partial charge is 0.416 e. The first kappa shape index (κ1) is 26.7. The largest absolute Gasteiger partial charge is 0.492 e. The van der Waals surface area contributed by atoms with Crippen molar-refractivity contribution in [3.63, 3.8) is 0 Å². The van der Waals surface area contributed by atoms with Gasteiger partial charge < -0.3 is 19.5 Å². The zero-order chi connectivity index (χ0) is 23.8. The van der Waals surface area contributed by atoms with E-state index in [1.54, 1.807) is 12.1 Å². The first-order valence-corrected chi connectivity index (χ1v) is 11.2. The Hall–Kier alpha value is -1.87. The highest BCUT2D eigenvalue weighted by atomic mass is 35.5. The van der Waals surface area contributed by atoms with Gasteiger partial charge in [-0.25, -0.2) is 0 Å². The van der Waals surface area contributed by atoms with E-state index in [1.807, 2.05) is 6.07 Å². The molecule has 2 aromatic carbocycles. The van der Waals surface area contributed by atoms with Crippen molar-refractivity contribution in [2.24, 2.45) is 0 Å². The molecule has 1 saturated heterocycles. The molecule has 2 aromatic rings. The number of ether oxygens (including phenoxy) is 2. The molecule has 0 aromatic heterocycles. The molecule has 2 heterocycles. The minimum atomic E-state index is -4.54. The SMILES string of the molecule is Cl.O=C(O)CCN1CCC2(CC1)COc1cc(OCc3c(Cl)cc(C(F)(F)F)cc3Cl)ccc12. The highest BCUT2D eigenvalue weighted by Gasteiger charge is 2.43. The summed E-state index contributed by atoms with van der Waals surface area (Å²) >= 11 is 12.0. The Morgan fingerprint density at radius 2 is 1.79 bits per heavy atom. The number of nitrogens with zero attached hydrogens (tertiary/aromatic N) is 1. The molecular formula is C23H23Cl3F3NO4. The minimum Gasteiger partial charge on any atom is -0.492 e. The zero-order valence-electron chi connectivity index (χ0n) is 18.0. The molecule has 0 atom stereocenters. The molecule has 11 heteroatoms. The second-order valence-electron chi connectivity index (χ2n) is 8.42. The Morgan fingerprint density at radius 1 is 1.15 bits per heavy atom. The van der Waals surface area contributed by atoms with Crippen LogP contribution in [0.4, 0.5) is 13.2 Å². The number of alkyl halides is 3. The normalized spacial score (nSPS) is 17.1. The van der Waals surface area contributed by atoms with Crippen LogP contribution in [0, 0.1) is 0 Å². The van der Waals surface area contributed by atoms with Crippen molar-refractivity contribution < 1.29 is 32.5 Å². The summed E-state index contributed by atoms with van der Waals surface area (Å²) in [5.74, 6) is 0.420. The van der Waals surface area contributed by atoms with Gasteiger partial charge in [0, 0.05) is 39.2 Å². The first-order valence-electron chi connectivity index (χ1n) is 10.5. The molecule has 34 heavy (non-hydrogen) atoms. The molecule has 2 aliphatic heterocycles. The zero-order valence-corrected chi connectivity index (χ0v) is 20.3. The number of hydrogen-bond acceptors (Lipinski definition) is 4. The number of hydrogen-bond donors (Lipinski definition) is 1. The number of likely N-dealkylation sites (tertiary alicyclic amines) is 1. The van der Waals surface area contributed by atoms with Gasteiger partial charge in [-0.3, -0.25) is 4.79 Å².